The molecule has 4 nitrogen and oxygen atoms in total. The van der Waals surface area contributed by atoms with Crippen molar-refractivity contribution in [3.63, 3.8) is 0 Å². The van der Waals surface area contributed by atoms with E-state index in [1.807, 2.05) is 36.4 Å². The maximum absolute atomic E-state index is 12.3. The number of ether oxygens (including phenoxy) is 2. The van der Waals surface area contributed by atoms with E-state index in [0.29, 0.717) is 6.79 Å². The molecule has 2 atom stereocenters. The minimum Gasteiger partial charge on any atom is -0.616 e. The average Bonchev–Trinajstić information content (AvgIpc) is 3.20. The monoisotopic (exact) mass is 403 g/mol. The summed E-state index contributed by atoms with van der Waals surface area (Å²) in [6.07, 6.45) is 11.8. The zero-order valence-electron chi connectivity index (χ0n) is 17.1. The smallest absolute Gasteiger partial charge is 0.231 e. The van der Waals surface area contributed by atoms with Gasteiger partial charge in [-0.3, -0.25) is 4.98 Å². The Morgan fingerprint density at radius 1 is 1.00 bits per heavy atom. The van der Waals surface area contributed by atoms with Crippen molar-refractivity contribution in [2.75, 3.05) is 12.5 Å². The Balaban J connectivity index is 0.000000397. The first kappa shape index (κ1) is 22.6. The van der Waals surface area contributed by atoms with Gasteiger partial charge in [-0.2, -0.15) is 0 Å². The summed E-state index contributed by atoms with van der Waals surface area (Å²) in [5, 5.41) is 0.191. The van der Waals surface area contributed by atoms with Crippen molar-refractivity contribution in [3.05, 3.63) is 54.4 Å². The molecule has 1 aliphatic heterocycles. The van der Waals surface area contributed by atoms with Gasteiger partial charge >= 0.3 is 0 Å². The summed E-state index contributed by atoms with van der Waals surface area (Å²) in [5.41, 5.74) is 1.17. The van der Waals surface area contributed by atoms with Crippen LogP contribution in [0.15, 0.2) is 48.8 Å². The van der Waals surface area contributed by atoms with Crippen LogP contribution in [0.5, 0.6) is 11.5 Å². The first-order chi connectivity index (χ1) is 13.7. The second-order valence-electron chi connectivity index (χ2n) is 7.08. The molecule has 2 unspecified atom stereocenters. The normalized spacial score (nSPS) is 14.1. The first-order valence-electron chi connectivity index (χ1n) is 10.3. The molecular weight excluding hydrogens is 370 g/mol. The highest BCUT2D eigenvalue weighted by molar-refractivity contribution is 7.91. The number of pyridine rings is 1. The fraction of sp³-hybridized carbons (Fsp3) is 0.522. The summed E-state index contributed by atoms with van der Waals surface area (Å²) in [6, 6.07) is 11.7. The molecule has 3 rings (SSSR count). The third kappa shape index (κ3) is 8.53. The van der Waals surface area contributed by atoms with Crippen molar-refractivity contribution in [1.82, 2.24) is 4.98 Å². The number of nitrogens with zero attached hydrogens (tertiary/aromatic N) is 1. The van der Waals surface area contributed by atoms with Crippen LogP contribution >= 0.6 is 0 Å². The largest absolute Gasteiger partial charge is 0.616 e. The van der Waals surface area contributed by atoms with E-state index in [4.69, 9.17) is 9.47 Å². The van der Waals surface area contributed by atoms with Gasteiger partial charge in [0.1, 0.15) is 11.0 Å². The fourth-order valence-electron chi connectivity index (χ4n) is 3.03. The predicted octanol–water partition coefficient (Wildman–Crippen LogP) is 5.54. The van der Waals surface area contributed by atoms with E-state index in [-0.39, 0.29) is 5.25 Å². The standard InChI is InChI=1S/C18H28O3S.C5H5N/c1-3-4-5-6-7-8-11-22(19)15(2)12-16-9-10-17-18(13-16)21-14-20-17;1-2-4-6-5-3-1/h9-10,13,15H,3-8,11-12,14H2,1-2H3;1-5H. The van der Waals surface area contributed by atoms with Crippen molar-refractivity contribution in [2.45, 2.75) is 64.0 Å². The Morgan fingerprint density at radius 3 is 2.39 bits per heavy atom. The van der Waals surface area contributed by atoms with Crippen molar-refractivity contribution >= 4 is 11.2 Å². The van der Waals surface area contributed by atoms with Gasteiger partial charge in [0.25, 0.3) is 0 Å². The highest BCUT2D eigenvalue weighted by Gasteiger charge is 2.19. The second-order valence-corrected chi connectivity index (χ2v) is 9.05. The molecule has 0 radical (unpaired) electrons. The predicted molar refractivity (Wildman–Crippen MR) is 116 cm³/mol. The van der Waals surface area contributed by atoms with Gasteiger partial charge in [0.15, 0.2) is 11.5 Å². The Hall–Kier alpha value is -1.72. The van der Waals surface area contributed by atoms with Crippen LogP contribution in [0.3, 0.4) is 0 Å². The highest BCUT2D eigenvalue weighted by atomic mass is 32.2. The topological polar surface area (TPSA) is 54.4 Å². The van der Waals surface area contributed by atoms with Crippen LogP contribution in [0.4, 0.5) is 0 Å². The zero-order chi connectivity index (χ0) is 20.0. The number of unbranched alkanes of at least 4 members (excludes halogenated alkanes) is 5. The SMILES string of the molecule is CCCCCCCC[S+]([O-])C(C)Cc1ccc2c(c1)OCO2.c1ccncc1. The Labute approximate surface area is 172 Å². The van der Waals surface area contributed by atoms with Crippen LogP contribution in [0.25, 0.3) is 0 Å². The van der Waals surface area contributed by atoms with E-state index in [1.54, 1.807) is 12.4 Å². The first-order valence-corrected chi connectivity index (χ1v) is 11.7. The molecule has 28 heavy (non-hydrogen) atoms. The Kier molecular flexibility index (Phi) is 10.8. The van der Waals surface area contributed by atoms with Gasteiger partial charge in [0.05, 0.1) is 0 Å². The van der Waals surface area contributed by atoms with Gasteiger partial charge < -0.3 is 14.0 Å². The molecule has 154 valence electrons. The number of rotatable bonds is 10. The minimum atomic E-state index is -0.743. The fourth-order valence-corrected chi connectivity index (χ4v) is 4.30. The molecule has 0 spiro atoms. The lowest BCUT2D eigenvalue weighted by atomic mass is 10.1. The van der Waals surface area contributed by atoms with Crippen LogP contribution in [0.1, 0.15) is 57.9 Å². The van der Waals surface area contributed by atoms with Gasteiger partial charge in [0.2, 0.25) is 6.79 Å². The van der Waals surface area contributed by atoms with E-state index < -0.39 is 11.2 Å². The van der Waals surface area contributed by atoms with Gasteiger partial charge in [0, 0.05) is 18.8 Å². The lowest BCUT2D eigenvalue weighted by molar-refractivity contribution is 0.174. The number of hydrogen-bond acceptors (Lipinski definition) is 4. The summed E-state index contributed by atoms with van der Waals surface area (Å²) in [4.78, 5) is 3.78. The Morgan fingerprint density at radius 2 is 1.71 bits per heavy atom. The lowest BCUT2D eigenvalue weighted by Gasteiger charge is -2.18. The van der Waals surface area contributed by atoms with Crippen LogP contribution in [0, 0.1) is 0 Å². The van der Waals surface area contributed by atoms with E-state index in [9.17, 15) is 4.55 Å². The molecule has 5 heteroatoms. The number of benzene rings is 1. The summed E-state index contributed by atoms with van der Waals surface area (Å²) in [7, 11) is 0. The molecular formula is C23H33NO3S. The molecule has 2 heterocycles. The van der Waals surface area contributed by atoms with Gasteiger partial charge in [-0.1, -0.05) is 55.9 Å². The molecule has 0 fully saturated rings. The molecule has 1 aromatic carbocycles. The molecule has 0 aliphatic carbocycles. The van der Waals surface area contributed by atoms with Crippen molar-refractivity contribution in [1.29, 1.82) is 0 Å². The third-order valence-corrected chi connectivity index (χ3v) is 6.43. The lowest BCUT2D eigenvalue weighted by Crippen LogP contribution is -2.23. The summed E-state index contributed by atoms with van der Waals surface area (Å²) in [6.45, 7) is 4.61. The maximum Gasteiger partial charge on any atom is 0.231 e. The molecule has 0 bridgehead atoms. The Bertz CT molecular complexity index is 627. The number of aromatic nitrogens is 1. The third-order valence-electron chi connectivity index (χ3n) is 4.67. The molecule has 0 amide bonds. The summed E-state index contributed by atoms with van der Waals surface area (Å²) in [5.74, 6) is 2.45. The van der Waals surface area contributed by atoms with E-state index in [1.165, 1.54) is 37.7 Å². The highest BCUT2D eigenvalue weighted by Crippen LogP contribution is 2.33. The van der Waals surface area contributed by atoms with Crippen molar-refractivity contribution < 1.29 is 14.0 Å². The maximum atomic E-state index is 12.3. The quantitative estimate of drug-likeness (QED) is 0.386. The van der Waals surface area contributed by atoms with Gasteiger partial charge in [-0.05, 0) is 49.6 Å². The van der Waals surface area contributed by atoms with Crippen molar-refractivity contribution in [2.24, 2.45) is 0 Å². The van der Waals surface area contributed by atoms with Crippen molar-refractivity contribution in [3.8, 4) is 11.5 Å². The second kappa shape index (κ2) is 13.5. The van der Waals surface area contributed by atoms with Crippen LogP contribution in [-0.4, -0.2) is 27.3 Å². The van der Waals surface area contributed by atoms with E-state index in [2.05, 4.69) is 18.8 Å². The molecule has 1 aliphatic rings. The van der Waals surface area contributed by atoms with E-state index >= 15 is 0 Å². The zero-order valence-corrected chi connectivity index (χ0v) is 18.0. The molecule has 0 saturated carbocycles. The number of hydrogen-bond donors (Lipinski definition) is 0. The van der Waals surface area contributed by atoms with Gasteiger partial charge in [-0.25, -0.2) is 0 Å². The summed E-state index contributed by atoms with van der Waals surface area (Å²) < 4.78 is 23.0. The molecule has 2 aromatic rings. The van der Waals surface area contributed by atoms with Crippen LogP contribution in [-0.2, 0) is 17.6 Å². The minimum absolute atomic E-state index is 0.191. The van der Waals surface area contributed by atoms with E-state index in [0.717, 1.165) is 30.1 Å². The van der Waals surface area contributed by atoms with Crippen LogP contribution < -0.4 is 9.47 Å². The average molecular weight is 404 g/mol. The molecule has 1 aromatic heterocycles. The summed E-state index contributed by atoms with van der Waals surface area (Å²) >= 11 is -0.743. The molecule has 0 N–H and O–H groups in total. The number of fused-ring (bicyclic) bond motifs is 1. The van der Waals surface area contributed by atoms with Crippen LogP contribution in [0.2, 0.25) is 0 Å². The van der Waals surface area contributed by atoms with Gasteiger partial charge in [-0.15, -0.1) is 0 Å². The molecule has 0 saturated heterocycles.